The predicted octanol–water partition coefficient (Wildman–Crippen LogP) is 11.2. The lowest BCUT2D eigenvalue weighted by molar-refractivity contribution is 0.673. The minimum Gasteiger partial charge on any atom is -0.455 e. The van der Waals surface area contributed by atoms with E-state index >= 15 is 0 Å². The van der Waals surface area contributed by atoms with Crippen molar-refractivity contribution in [1.29, 1.82) is 10.5 Å². The lowest BCUT2D eigenvalue weighted by Gasteiger charge is -2.15. The normalized spacial score (nSPS) is 11.6. The van der Waals surface area contributed by atoms with Crippen LogP contribution < -0.4 is 0 Å². The summed E-state index contributed by atoms with van der Waals surface area (Å²) in [5, 5.41) is 27.2. The highest BCUT2D eigenvalue weighted by molar-refractivity contribution is 6.24. The standard InChI is InChI=1S/C44H24N4O/c45-25-29-19-17-27(23-40(29)47-36-13-5-1-9-31(36)32-10-2-6-14-37(32)47)28-18-20-30(26-46)41(24-28)48-38-15-7-3-12-35(38)43-39(48)22-21-34-33-11-4-8-16-42(33)49-44(34)43/h1-24H. The lowest BCUT2D eigenvalue weighted by atomic mass is 9.99. The van der Waals surface area contributed by atoms with Gasteiger partial charge in [-0.15, -0.1) is 0 Å². The van der Waals surface area contributed by atoms with E-state index in [0.29, 0.717) is 11.1 Å². The first kappa shape index (κ1) is 27.1. The van der Waals surface area contributed by atoms with Crippen LogP contribution in [0.15, 0.2) is 150 Å². The molecule has 0 bridgehead atoms. The molecule has 5 heteroatoms. The Morgan fingerprint density at radius 3 is 1.51 bits per heavy atom. The summed E-state index contributed by atoms with van der Waals surface area (Å²) in [5.41, 5.74) is 10.4. The molecule has 0 fully saturated rings. The van der Waals surface area contributed by atoms with E-state index in [2.05, 4.69) is 88.0 Å². The van der Waals surface area contributed by atoms with Crippen LogP contribution in [0.3, 0.4) is 0 Å². The van der Waals surface area contributed by atoms with Gasteiger partial charge >= 0.3 is 0 Å². The van der Waals surface area contributed by atoms with Crippen LogP contribution >= 0.6 is 0 Å². The van der Waals surface area contributed by atoms with Gasteiger partial charge in [-0.25, -0.2) is 0 Å². The molecule has 0 amide bonds. The zero-order chi connectivity index (χ0) is 32.6. The van der Waals surface area contributed by atoms with E-state index in [0.717, 1.165) is 88.1 Å². The van der Waals surface area contributed by atoms with Gasteiger partial charge in [0, 0.05) is 26.9 Å². The maximum absolute atomic E-state index is 10.4. The van der Waals surface area contributed by atoms with Gasteiger partial charge in [0.05, 0.1) is 50.0 Å². The SMILES string of the molecule is N#Cc1ccc(-c2ccc(C#N)c(-n3c4ccccc4c4c5oc6ccccc6c5ccc43)c2)cc1-n1c2ccccc2c2ccccc21. The van der Waals surface area contributed by atoms with Gasteiger partial charge in [0.25, 0.3) is 0 Å². The van der Waals surface area contributed by atoms with Crippen LogP contribution in [0.4, 0.5) is 0 Å². The van der Waals surface area contributed by atoms with Crippen molar-refractivity contribution in [3.05, 3.63) is 157 Å². The molecule has 0 saturated carbocycles. The summed E-state index contributed by atoms with van der Waals surface area (Å²) in [5.74, 6) is 0. The molecule has 3 heterocycles. The molecule has 0 unspecified atom stereocenters. The first-order chi connectivity index (χ1) is 24.2. The second-order valence-electron chi connectivity index (χ2n) is 12.3. The van der Waals surface area contributed by atoms with Crippen molar-refractivity contribution in [3.63, 3.8) is 0 Å². The van der Waals surface area contributed by atoms with Crippen molar-refractivity contribution < 1.29 is 4.42 Å². The van der Waals surface area contributed by atoms with Crippen LogP contribution in [0.1, 0.15) is 11.1 Å². The van der Waals surface area contributed by atoms with Crippen LogP contribution in [0.25, 0.3) is 88.1 Å². The number of fused-ring (bicyclic) bond motifs is 10. The Labute approximate surface area is 280 Å². The van der Waals surface area contributed by atoms with E-state index in [4.69, 9.17) is 4.42 Å². The zero-order valence-corrected chi connectivity index (χ0v) is 26.1. The Bertz CT molecular complexity index is 3030. The van der Waals surface area contributed by atoms with Gasteiger partial charge < -0.3 is 13.6 Å². The fraction of sp³-hybridized carbons (Fsp3) is 0. The molecule has 0 aliphatic heterocycles. The Hall–Kier alpha value is -7.08. The summed E-state index contributed by atoms with van der Waals surface area (Å²) in [4.78, 5) is 0. The minimum atomic E-state index is 0.562. The van der Waals surface area contributed by atoms with Gasteiger partial charge in [0.2, 0.25) is 0 Å². The third-order valence-corrected chi connectivity index (χ3v) is 9.81. The molecule has 49 heavy (non-hydrogen) atoms. The number of para-hydroxylation sites is 4. The van der Waals surface area contributed by atoms with Gasteiger partial charge in [-0.3, -0.25) is 0 Å². The molecule has 226 valence electrons. The lowest BCUT2D eigenvalue weighted by Crippen LogP contribution is -2.00. The van der Waals surface area contributed by atoms with Crippen LogP contribution in [-0.2, 0) is 0 Å². The van der Waals surface area contributed by atoms with Crippen LogP contribution in [-0.4, -0.2) is 9.13 Å². The monoisotopic (exact) mass is 624 g/mol. The second kappa shape index (κ2) is 10.2. The first-order valence-electron chi connectivity index (χ1n) is 16.1. The number of hydrogen-bond acceptors (Lipinski definition) is 3. The number of aromatic nitrogens is 2. The number of nitriles is 2. The van der Waals surface area contributed by atoms with Crippen molar-refractivity contribution in [3.8, 4) is 34.6 Å². The van der Waals surface area contributed by atoms with Crippen molar-refractivity contribution in [2.75, 3.05) is 0 Å². The Kier molecular flexibility index (Phi) is 5.64. The maximum atomic E-state index is 10.4. The van der Waals surface area contributed by atoms with Crippen LogP contribution in [0.2, 0.25) is 0 Å². The molecule has 10 aromatic rings. The highest BCUT2D eigenvalue weighted by atomic mass is 16.3. The third kappa shape index (κ3) is 3.79. The van der Waals surface area contributed by atoms with E-state index in [1.165, 1.54) is 0 Å². The van der Waals surface area contributed by atoms with Gasteiger partial charge in [0.1, 0.15) is 23.3 Å². The molecular formula is C44H24N4O. The molecule has 5 nitrogen and oxygen atoms in total. The zero-order valence-electron chi connectivity index (χ0n) is 26.1. The fourth-order valence-electron chi connectivity index (χ4n) is 7.66. The minimum absolute atomic E-state index is 0.562. The number of benzene rings is 7. The van der Waals surface area contributed by atoms with E-state index in [1.807, 2.05) is 78.9 Å². The average Bonchev–Trinajstić information content (AvgIpc) is 3.82. The summed E-state index contributed by atoms with van der Waals surface area (Å²) in [6, 6.07) is 54.1. The molecule has 10 rings (SSSR count). The summed E-state index contributed by atoms with van der Waals surface area (Å²) in [6.45, 7) is 0. The van der Waals surface area contributed by atoms with Gasteiger partial charge in [-0.2, -0.15) is 10.5 Å². The molecule has 0 aliphatic rings. The smallest absolute Gasteiger partial charge is 0.145 e. The highest BCUT2D eigenvalue weighted by Crippen LogP contribution is 2.42. The number of hydrogen-bond donors (Lipinski definition) is 0. The predicted molar refractivity (Wildman–Crippen MR) is 197 cm³/mol. The van der Waals surface area contributed by atoms with Crippen molar-refractivity contribution in [2.45, 2.75) is 0 Å². The van der Waals surface area contributed by atoms with E-state index in [-0.39, 0.29) is 0 Å². The quantitative estimate of drug-likeness (QED) is 0.196. The Balaban J connectivity index is 1.23. The van der Waals surface area contributed by atoms with Crippen molar-refractivity contribution >= 4 is 65.6 Å². The first-order valence-corrected chi connectivity index (χ1v) is 16.1. The largest absolute Gasteiger partial charge is 0.455 e. The number of nitrogens with zero attached hydrogens (tertiary/aromatic N) is 4. The van der Waals surface area contributed by atoms with E-state index in [9.17, 15) is 10.5 Å². The van der Waals surface area contributed by atoms with E-state index in [1.54, 1.807) is 0 Å². The highest BCUT2D eigenvalue weighted by Gasteiger charge is 2.21. The molecule has 0 spiro atoms. The van der Waals surface area contributed by atoms with Gasteiger partial charge in [-0.05, 0) is 71.8 Å². The molecule has 0 radical (unpaired) electrons. The Morgan fingerprint density at radius 2 is 0.918 bits per heavy atom. The van der Waals surface area contributed by atoms with Crippen molar-refractivity contribution in [1.82, 2.24) is 9.13 Å². The van der Waals surface area contributed by atoms with E-state index < -0.39 is 0 Å². The summed E-state index contributed by atoms with van der Waals surface area (Å²) >= 11 is 0. The summed E-state index contributed by atoms with van der Waals surface area (Å²) in [6.07, 6.45) is 0. The molecule has 0 atom stereocenters. The number of rotatable bonds is 3. The molecule has 0 N–H and O–H groups in total. The molecule has 0 aliphatic carbocycles. The number of furan rings is 1. The van der Waals surface area contributed by atoms with Crippen LogP contribution in [0, 0.1) is 22.7 Å². The molecular weight excluding hydrogens is 601 g/mol. The summed E-state index contributed by atoms with van der Waals surface area (Å²) in [7, 11) is 0. The van der Waals surface area contributed by atoms with Crippen molar-refractivity contribution in [2.24, 2.45) is 0 Å². The second-order valence-corrected chi connectivity index (χ2v) is 12.3. The average molecular weight is 625 g/mol. The van der Waals surface area contributed by atoms with Gasteiger partial charge in [0.15, 0.2) is 0 Å². The molecule has 7 aromatic carbocycles. The molecule has 3 aromatic heterocycles. The van der Waals surface area contributed by atoms with Gasteiger partial charge in [-0.1, -0.05) is 84.9 Å². The maximum Gasteiger partial charge on any atom is 0.145 e. The molecule has 0 saturated heterocycles. The third-order valence-electron chi connectivity index (χ3n) is 9.81. The Morgan fingerprint density at radius 1 is 0.429 bits per heavy atom. The topological polar surface area (TPSA) is 70.6 Å². The van der Waals surface area contributed by atoms with Crippen LogP contribution in [0.5, 0.6) is 0 Å². The fourth-order valence-corrected chi connectivity index (χ4v) is 7.66. The summed E-state index contributed by atoms with van der Waals surface area (Å²) < 4.78 is 10.9.